The van der Waals surface area contributed by atoms with Gasteiger partial charge in [-0.3, -0.25) is 14.2 Å². The molecule has 6 rings (SSSR count). The summed E-state index contributed by atoms with van der Waals surface area (Å²) in [5, 5.41) is 12.2. The van der Waals surface area contributed by atoms with Crippen LogP contribution in [0.4, 0.5) is 5.69 Å². The number of rotatable bonds is 7. The Labute approximate surface area is 213 Å². The predicted octanol–water partition coefficient (Wildman–Crippen LogP) is 5.05. The van der Waals surface area contributed by atoms with Gasteiger partial charge in [0, 0.05) is 30.4 Å². The first-order chi connectivity index (χ1) is 18.1. The summed E-state index contributed by atoms with van der Waals surface area (Å²) in [4.78, 5) is 18.0. The Kier molecular flexibility index (Phi) is 5.82. The number of aromatic nitrogens is 6. The Morgan fingerprint density at radius 1 is 0.865 bits per heavy atom. The van der Waals surface area contributed by atoms with E-state index >= 15 is 0 Å². The second-order valence-corrected chi connectivity index (χ2v) is 9.02. The number of pyridine rings is 1. The number of anilines is 1. The van der Waals surface area contributed by atoms with Gasteiger partial charge in [0.2, 0.25) is 0 Å². The third kappa shape index (κ3) is 4.90. The molecule has 37 heavy (non-hydrogen) atoms. The number of nitrogens with zero attached hydrogens (tertiary/aromatic N) is 6. The lowest BCUT2D eigenvalue weighted by atomic mass is 10.1. The minimum atomic E-state index is -0.234. The minimum Gasteiger partial charge on any atom is -0.319 e. The van der Waals surface area contributed by atoms with Gasteiger partial charge in [0.05, 0.1) is 36.2 Å². The van der Waals surface area contributed by atoms with Crippen molar-refractivity contribution in [2.75, 3.05) is 5.32 Å². The maximum atomic E-state index is 13.4. The fraction of sp³-hybridized carbons (Fsp3) is 0.103. The summed E-state index contributed by atoms with van der Waals surface area (Å²) in [7, 11) is 0. The molecule has 0 saturated heterocycles. The molecule has 0 spiro atoms. The van der Waals surface area contributed by atoms with Gasteiger partial charge in [-0.05, 0) is 24.6 Å². The molecule has 8 nitrogen and oxygen atoms in total. The van der Waals surface area contributed by atoms with Crippen LogP contribution in [0.2, 0.25) is 0 Å². The van der Waals surface area contributed by atoms with Crippen molar-refractivity contribution in [3.63, 3.8) is 0 Å². The molecule has 0 aliphatic carbocycles. The number of nitrogens with one attached hydrogen (secondary N) is 1. The van der Waals surface area contributed by atoms with Gasteiger partial charge in [-0.1, -0.05) is 66.2 Å². The Morgan fingerprint density at radius 3 is 2.49 bits per heavy atom. The molecule has 0 atom stereocenters. The van der Waals surface area contributed by atoms with Crippen LogP contribution >= 0.6 is 0 Å². The van der Waals surface area contributed by atoms with Crippen molar-refractivity contribution < 1.29 is 4.79 Å². The second kappa shape index (κ2) is 9.58. The molecule has 0 bridgehead atoms. The molecule has 0 unspecified atom stereocenters. The van der Waals surface area contributed by atoms with Crippen LogP contribution in [-0.4, -0.2) is 34.9 Å². The van der Waals surface area contributed by atoms with Crippen molar-refractivity contribution in [2.45, 2.75) is 20.0 Å². The molecule has 0 saturated carbocycles. The first kappa shape index (κ1) is 22.5. The fourth-order valence-electron chi connectivity index (χ4n) is 4.31. The molecule has 0 fully saturated rings. The van der Waals surface area contributed by atoms with Gasteiger partial charge in [-0.15, -0.1) is 0 Å². The molecular weight excluding hydrogens is 462 g/mol. The van der Waals surface area contributed by atoms with E-state index in [4.69, 9.17) is 5.10 Å². The highest BCUT2D eigenvalue weighted by Gasteiger charge is 2.19. The molecule has 0 radical (unpaired) electrons. The maximum absolute atomic E-state index is 13.4. The van der Waals surface area contributed by atoms with E-state index in [2.05, 4.69) is 15.4 Å². The number of fused-ring (bicyclic) bond motifs is 1. The van der Waals surface area contributed by atoms with Crippen molar-refractivity contribution in [3.05, 3.63) is 126 Å². The van der Waals surface area contributed by atoms with E-state index in [0.29, 0.717) is 30.0 Å². The van der Waals surface area contributed by atoms with E-state index in [1.807, 2.05) is 107 Å². The predicted molar refractivity (Wildman–Crippen MR) is 142 cm³/mol. The van der Waals surface area contributed by atoms with E-state index in [1.165, 1.54) is 0 Å². The molecule has 0 aliphatic rings. The van der Waals surface area contributed by atoms with Crippen LogP contribution in [0.25, 0.3) is 16.9 Å². The lowest BCUT2D eigenvalue weighted by Gasteiger charge is -2.04. The van der Waals surface area contributed by atoms with E-state index in [1.54, 1.807) is 17.1 Å². The molecular formula is C29H25N7O. The van der Waals surface area contributed by atoms with E-state index < -0.39 is 0 Å². The smallest absolute Gasteiger partial charge is 0.259 e. The third-order valence-electron chi connectivity index (χ3n) is 6.15. The van der Waals surface area contributed by atoms with Crippen molar-refractivity contribution in [1.29, 1.82) is 0 Å². The van der Waals surface area contributed by atoms with Gasteiger partial charge in [-0.25, -0.2) is 4.98 Å². The summed E-state index contributed by atoms with van der Waals surface area (Å²) in [5.74, 6) is -0.234. The molecule has 4 heterocycles. The highest BCUT2D eigenvalue weighted by Crippen LogP contribution is 2.24. The Hall–Kier alpha value is -4.98. The van der Waals surface area contributed by atoms with Gasteiger partial charge in [0.25, 0.3) is 5.91 Å². The van der Waals surface area contributed by atoms with Crippen LogP contribution < -0.4 is 5.32 Å². The lowest BCUT2D eigenvalue weighted by Crippen LogP contribution is -2.12. The van der Waals surface area contributed by atoms with Crippen LogP contribution in [-0.2, 0) is 13.1 Å². The van der Waals surface area contributed by atoms with Crippen molar-refractivity contribution in [2.24, 2.45) is 0 Å². The number of hydrogen-bond donors (Lipinski definition) is 1. The van der Waals surface area contributed by atoms with E-state index in [9.17, 15) is 4.79 Å². The molecule has 0 aliphatic heterocycles. The van der Waals surface area contributed by atoms with Crippen molar-refractivity contribution in [3.8, 4) is 11.3 Å². The topological polar surface area (TPSA) is 82.0 Å². The van der Waals surface area contributed by atoms with Crippen LogP contribution in [0.5, 0.6) is 0 Å². The molecule has 1 N–H and O–H groups in total. The van der Waals surface area contributed by atoms with Gasteiger partial charge >= 0.3 is 0 Å². The highest BCUT2D eigenvalue weighted by molar-refractivity contribution is 6.07. The van der Waals surface area contributed by atoms with Crippen LogP contribution in [0, 0.1) is 6.92 Å². The monoisotopic (exact) mass is 487 g/mol. The van der Waals surface area contributed by atoms with Crippen LogP contribution in [0.15, 0.2) is 104 Å². The normalized spacial score (nSPS) is 11.2. The summed E-state index contributed by atoms with van der Waals surface area (Å²) in [6.07, 6.45) is 9.20. The lowest BCUT2D eigenvalue weighted by molar-refractivity contribution is 0.102. The second-order valence-electron chi connectivity index (χ2n) is 9.02. The average molecular weight is 488 g/mol. The Balaban J connectivity index is 1.24. The van der Waals surface area contributed by atoms with Crippen molar-refractivity contribution >= 4 is 17.2 Å². The fourth-order valence-corrected chi connectivity index (χ4v) is 4.31. The van der Waals surface area contributed by atoms with E-state index in [-0.39, 0.29) is 5.91 Å². The summed E-state index contributed by atoms with van der Waals surface area (Å²) in [6.45, 7) is 3.11. The van der Waals surface area contributed by atoms with Gasteiger partial charge in [0.1, 0.15) is 11.3 Å². The molecule has 6 aromatic rings. The first-order valence-electron chi connectivity index (χ1n) is 12.1. The summed E-state index contributed by atoms with van der Waals surface area (Å²) >= 11 is 0. The number of benzene rings is 2. The van der Waals surface area contributed by atoms with Crippen LogP contribution in [0.1, 0.15) is 27.2 Å². The Bertz CT molecular complexity index is 1640. The maximum Gasteiger partial charge on any atom is 0.259 e. The number of aryl methyl sites for hydroxylation is 1. The summed E-state index contributed by atoms with van der Waals surface area (Å²) in [6, 6.07) is 24.0. The number of carbonyl (C=O) groups excluding carboxylic acids is 1. The third-order valence-corrected chi connectivity index (χ3v) is 6.15. The first-order valence-corrected chi connectivity index (χ1v) is 12.1. The molecule has 2 aromatic carbocycles. The average Bonchev–Trinajstić information content (AvgIpc) is 3.63. The minimum absolute atomic E-state index is 0.234. The van der Waals surface area contributed by atoms with Gasteiger partial charge in [-0.2, -0.15) is 10.2 Å². The largest absolute Gasteiger partial charge is 0.319 e. The number of carbonyl (C=O) groups is 1. The zero-order valence-electron chi connectivity index (χ0n) is 20.3. The van der Waals surface area contributed by atoms with E-state index in [0.717, 1.165) is 28.0 Å². The standard InChI is InChI=1S/C29H25N7O/c1-21-10-12-23(13-11-21)28-26(20-36(33-28)16-22-7-3-2-4-8-22)29(37)32-24-15-30-35(18-24)19-25-17-34-14-6-5-9-27(34)31-25/h2-15,17-18,20H,16,19H2,1H3,(H,32,37). The zero-order valence-corrected chi connectivity index (χ0v) is 20.3. The molecule has 182 valence electrons. The molecule has 4 aromatic heterocycles. The molecule has 8 heteroatoms. The highest BCUT2D eigenvalue weighted by atomic mass is 16.1. The summed E-state index contributed by atoms with van der Waals surface area (Å²) < 4.78 is 5.55. The summed E-state index contributed by atoms with van der Waals surface area (Å²) in [5.41, 5.74) is 6.69. The van der Waals surface area contributed by atoms with Gasteiger partial charge < -0.3 is 9.72 Å². The SMILES string of the molecule is Cc1ccc(-c2nn(Cc3ccccc3)cc2C(=O)Nc2cnn(Cc3cn4ccccc4n3)c2)cc1. The number of amides is 1. The van der Waals surface area contributed by atoms with Crippen LogP contribution in [0.3, 0.4) is 0 Å². The Morgan fingerprint density at radius 2 is 1.68 bits per heavy atom. The zero-order chi connectivity index (χ0) is 25.2. The molecule has 1 amide bonds. The number of imidazole rings is 1. The quantitative estimate of drug-likeness (QED) is 0.342. The van der Waals surface area contributed by atoms with Crippen molar-refractivity contribution in [1.82, 2.24) is 28.9 Å². The van der Waals surface area contributed by atoms with Gasteiger partial charge in [0.15, 0.2) is 0 Å². The number of hydrogen-bond acceptors (Lipinski definition) is 4.